The number of aromatic nitrogens is 3. The highest BCUT2D eigenvalue weighted by molar-refractivity contribution is 7.20. The molecular weight excluding hydrogens is 272 g/mol. The Kier molecular flexibility index (Phi) is 3.08. The number of anilines is 1. The third-order valence-electron chi connectivity index (χ3n) is 4.58. The number of rotatable bonds is 4. The van der Waals surface area contributed by atoms with Crippen molar-refractivity contribution < 1.29 is 0 Å². The largest absolute Gasteiger partial charge is 0.346 e. The summed E-state index contributed by atoms with van der Waals surface area (Å²) < 4.78 is 1.41. The lowest BCUT2D eigenvalue weighted by molar-refractivity contribution is 0.446. The Morgan fingerprint density at radius 3 is 2.85 bits per heavy atom. The molecule has 0 spiro atoms. The second-order valence-electron chi connectivity index (χ2n) is 5.96. The summed E-state index contributed by atoms with van der Waals surface area (Å²) in [7, 11) is 2.05. The molecular formula is C14H20N4OS. The van der Waals surface area contributed by atoms with Crippen LogP contribution in [0.2, 0.25) is 0 Å². The van der Waals surface area contributed by atoms with Gasteiger partial charge in [0.1, 0.15) is 0 Å². The van der Waals surface area contributed by atoms with Gasteiger partial charge in [-0.25, -0.2) is 4.98 Å². The topological polar surface area (TPSA) is 50.5 Å². The fourth-order valence-electron chi connectivity index (χ4n) is 2.42. The van der Waals surface area contributed by atoms with Gasteiger partial charge in [-0.05, 0) is 31.6 Å². The van der Waals surface area contributed by atoms with Gasteiger partial charge in [-0.3, -0.25) is 4.79 Å². The first-order valence-electron chi connectivity index (χ1n) is 7.07. The second-order valence-corrected chi connectivity index (χ2v) is 6.89. The smallest absolute Gasteiger partial charge is 0.275 e. The first-order chi connectivity index (χ1) is 9.44. The molecule has 5 nitrogen and oxygen atoms in total. The maximum atomic E-state index is 12.0. The van der Waals surface area contributed by atoms with Gasteiger partial charge in [-0.15, -0.1) is 5.10 Å². The molecule has 0 aliphatic heterocycles. The van der Waals surface area contributed by atoms with Crippen molar-refractivity contribution in [3.8, 4) is 0 Å². The van der Waals surface area contributed by atoms with Gasteiger partial charge in [-0.1, -0.05) is 25.2 Å². The van der Waals surface area contributed by atoms with Crippen LogP contribution in [0.25, 0.3) is 4.96 Å². The Morgan fingerprint density at radius 1 is 1.55 bits per heavy atom. The van der Waals surface area contributed by atoms with Crippen molar-refractivity contribution in [3.05, 3.63) is 22.1 Å². The summed E-state index contributed by atoms with van der Waals surface area (Å²) in [6, 6.07) is 1.99. The second kappa shape index (κ2) is 4.55. The molecule has 0 aromatic carbocycles. The first kappa shape index (κ1) is 13.5. The van der Waals surface area contributed by atoms with Crippen LogP contribution in [0.1, 0.15) is 39.3 Å². The molecule has 0 N–H and O–H groups in total. The summed E-state index contributed by atoms with van der Waals surface area (Å²) in [5, 5.41) is 5.30. The van der Waals surface area contributed by atoms with Crippen LogP contribution in [-0.2, 0) is 6.42 Å². The number of fused-ring (bicyclic) bond motifs is 1. The van der Waals surface area contributed by atoms with Crippen molar-refractivity contribution in [3.63, 3.8) is 0 Å². The molecule has 0 unspecified atom stereocenters. The quantitative estimate of drug-likeness (QED) is 0.868. The average Bonchev–Trinajstić information content (AvgIpc) is 3.03. The predicted molar refractivity (Wildman–Crippen MR) is 81.7 cm³/mol. The first-order valence-corrected chi connectivity index (χ1v) is 7.89. The van der Waals surface area contributed by atoms with Gasteiger partial charge >= 0.3 is 0 Å². The molecule has 1 aliphatic carbocycles. The van der Waals surface area contributed by atoms with E-state index in [1.807, 2.05) is 6.92 Å². The Morgan fingerprint density at radius 2 is 2.25 bits per heavy atom. The van der Waals surface area contributed by atoms with E-state index in [4.69, 9.17) is 0 Å². The van der Waals surface area contributed by atoms with E-state index in [1.165, 1.54) is 28.7 Å². The van der Waals surface area contributed by atoms with Crippen LogP contribution < -0.4 is 10.5 Å². The van der Waals surface area contributed by atoms with Crippen molar-refractivity contribution in [1.82, 2.24) is 14.6 Å². The lowest BCUT2D eigenvalue weighted by atomic mass is 10.0. The summed E-state index contributed by atoms with van der Waals surface area (Å²) in [6.07, 6.45) is 3.30. The average molecular weight is 292 g/mol. The molecule has 2 aromatic heterocycles. The van der Waals surface area contributed by atoms with Crippen LogP contribution in [0.4, 0.5) is 5.13 Å². The molecule has 0 saturated heterocycles. The molecule has 2 heterocycles. The minimum Gasteiger partial charge on any atom is -0.346 e. The summed E-state index contributed by atoms with van der Waals surface area (Å²) in [6.45, 7) is 6.54. The lowest BCUT2D eigenvalue weighted by Crippen LogP contribution is -2.35. The molecule has 1 atom stereocenters. The van der Waals surface area contributed by atoms with Crippen molar-refractivity contribution in [2.75, 3.05) is 11.9 Å². The molecule has 1 fully saturated rings. The van der Waals surface area contributed by atoms with Crippen LogP contribution in [0.5, 0.6) is 0 Å². The zero-order valence-electron chi connectivity index (χ0n) is 12.4. The summed E-state index contributed by atoms with van der Waals surface area (Å²) >= 11 is 1.49. The van der Waals surface area contributed by atoms with Crippen LogP contribution in [0.3, 0.4) is 0 Å². The van der Waals surface area contributed by atoms with Crippen LogP contribution in [-0.4, -0.2) is 27.7 Å². The third-order valence-corrected chi connectivity index (χ3v) is 5.58. The van der Waals surface area contributed by atoms with E-state index in [1.54, 1.807) is 6.07 Å². The molecule has 0 bridgehead atoms. The van der Waals surface area contributed by atoms with Crippen molar-refractivity contribution >= 4 is 21.4 Å². The highest BCUT2D eigenvalue weighted by Crippen LogP contribution is 2.50. The zero-order valence-corrected chi connectivity index (χ0v) is 13.2. The monoisotopic (exact) mass is 292 g/mol. The Bertz CT molecular complexity index is 701. The number of hydrogen-bond acceptors (Lipinski definition) is 5. The molecule has 0 radical (unpaired) electrons. The molecule has 2 aromatic rings. The summed E-state index contributed by atoms with van der Waals surface area (Å²) in [4.78, 5) is 19.4. The van der Waals surface area contributed by atoms with E-state index in [-0.39, 0.29) is 5.56 Å². The van der Waals surface area contributed by atoms with E-state index in [0.717, 1.165) is 17.2 Å². The van der Waals surface area contributed by atoms with Crippen LogP contribution >= 0.6 is 11.3 Å². The number of nitrogens with zero attached hydrogens (tertiary/aromatic N) is 4. The van der Waals surface area contributed by atoms with Gasteiger partial charge in [0.25, 0.3) is 5.56 Å². The molecule has 3 rings (SSSR count). The van der Waals surface area contributed by atoms with Gasteiger partial charge in [-0.2, -0.15) is 4.52 Å². The highest BCUT2D eigenvalue weighted by atomic mass is 32.1. The summed E-state index contributed by atoms with van der Waals surface area (Å²) in [5.74, 6) is 0. The Hall–Kier alpha value is -1.43. The van der Waals surface area contributed by atoms with E-state index in [0.29, 0.717) is 16.4 Å². The van der Waals surface area contributed by atoms with Gasteiger partial charge in [0, 0.05) is 24.8 Å². The normalized spacial score (nSPS) is 18.2. The molecule has 6 heteroatoms. The van der Waals surface area contributed by atoms with Gasteiger partial charge < -0.3 is 4.90 Å². The Balaban J connectivity index is 2.00. The van der Waals surface area contributed by atoms with Crippen LogP contribution in [0, 0.1) is 5.41 Å². The maximum Gasteiger partial charge on any atom is 0.275 e. The van der Waals surface area contributed by atoms with Crippen LogP contribution in [0.15, 0.2) is 10.9 Å². The minimum atomic E-state index is -0.0898. The fraction of sp³-hybridized carbons (Fsp3) is 0.643. The van der Waals surface area contributed by atoms with E-state index in [9.17, 15) is 4.79 Å². The lowest BCUT2D eigenvalue weighted by Gasteiger charge is -2.29. The van der Waals surface area contributed by atoms with E-state index < -0.39 is 0 Å². The SMILES string of the molecule is CCc1cc(=O)n2nc(N(C)[C@@H](C)C3(C)CC3)sc2n1. The highest BCUT2D eigenvalue weighted by Gasteiger charge is 2.44. The summed E-state index contributed by atoms with van der Waals surface area (Å²) in [5.41, 5.74) is 1.13. The number of aryl methyl sites for hydroxylation is 1. The minimum absolute atomic E-state index is 0.0898. The van der Waals surface area contributed by atoms with E-state index in [2.05, 4.69) is 35.9 Å². The maximum absolute atomic E-state index is 12.0. The molecule has 108 valence electrons. The number of hydrogen-bond donors (Lipinski definition) is 0. The molecule has 20 heavy (non-hydrogen) atoms. The predicted octanol–water partition coefficient (Wildman–Crippen LogP) is 2.34. The molecule has 1 aliphatic rings. The van der Waals surface area contributed by atoms with Crippen molar-refractivity contribution in [2.45, 2.75) is 46.1 Å². The van der Waals surface area contributed by atoms with Gasteiger partial charge in [0.2, 0.25) is 10.1 Å². The van der Waals surface area contributed by atoms with Gasteiger partial charge in [0.05, 0.1) is 0 Å². The Labute approximate surface area is 122 Å². The molecule has 1 saturated carbocycles. The van der Waals surface area contributed by atoms with Crippen molar-refractivity contribution in [2.24, 2.45) is 5.41 Å². The standard InChI is InChI=1S/C14H20N4OS/c1-5-10-8-11(19)18-12(15-10)20-13(16-18)17(4)9(2)14(3)6-7-14/h8-9H,5-7H2,1-4H3/t9-/m0/s1. The van der Waals surface area contributed by atoms with E-state index >= 15 is 0 Å². The van der Waals surface area contributed by atoms with Gasteiger partial charge in [0.15, 0.2) is 0 Å². The zero-order chi connectivity index (χ0) is 14.5. The fourth-order valence-corrected chi connectivity index (χ4v) is 3.39. The third kappa shape index (κ3) is 2.12. The van der Waals surface area contributed by atoms with Crippen molar-refractivity contribution in [1.29, 1.82) is 0 Å². The molecule has 0 amide bonds.